The number of hydrogen-bond acceptors (Lipinski definition) is 4. The number of carbonyl (C=O) groups excluding carboxylic acids is 1. The smallest absolute Gasteiger partial charge is 0.331 e. The van der Waals surface area contributed by atoms with Crippen LogP contribution in [0.5, 0.6) is 0 Å². The van der Waals surface area contributed by atoms with Crippen molar-refractivity contribution >= 4 is 16.9 Å². The molecule has 0 bridgehead atoms. The molecule has 0 aliphatic carbocycles. The normalized spacial score (nSPS) is 11.9. The molecule has 0 fully saturated rings. The summed E-state index contributed by atoms with van der Waals surface area (Å²) < 4.78 is 17.8. The number of carbonyl (C=O) groups is 1. The summed E-state index contributed by atoms with van der Waals surface area (Å²) in [6.07, 6.45) is 3.11. The molecule has 2 aromatic heterocycles. The van der Waals surface area contributed by atoms with Gasteiger partial charge in [-0.15, -0.1) is 0 Å². The lowest BCUT2D eigenvalue weighted by Crippen LogP contribution is -2.44. The van der Waals surface area contributed by atoms with Gasteiger partial charge in [-0.3, -0.25) is 18.7 Å². The number of rotatable bonds is 8. The van der Waals surface area contributed by atoms with Crippen molar-refractivity contribution in [2.75, 3.05) is 0 Å². The summed E-state index contributed by atoms with van der Waals surface area (Å²) in [7, 11) is 0. The first-order chi connectivity index (χ1) is 18.0. The number of halogens is 1. The van der Waals surface area contributed by atoms with E-state index in [0.717, 1.165) is 21.2 Å². The van der Waals surface area contributed by atoms with Crippen molar-refractivity contribution in [2.45, 2.75) is 25.7 Å². The molecule has 0 aliphatic heterocycles. The number of nitrogens with zero attached hydrogens (tertiary/aromatic N) is 4. The first-order valence-corrected chi connectivity index (χ1v) is 11.8. The van der Waals surface area contributed by atoms with E-state index in [1.807, 2.05) is 59.2 Å². The van der Waals surface area contributed by atoms with Gasteiger partial charge in [0.1, 0.15) is 12.4 Å². The first kappa shape index (κ1) is 23.9. The van der Waals surface area contributed by atoms with Gasteiger partial charge in [-0.1, -0.05) is 54.6 Å². The van der Waals surface area contributed by atoms with E-state index in [9.17, 15) is 18.8 Å². The van der Waals surface area contributed by atoms with Crippen molar-refractivity contribution in [1.82, 2.24) is 24.0 Å². The average molecular weight is 498 g/mol. The van der Waals surface area contributed by atoms with Crippen LogP contribution < -0.4 is 16.6 Å². The van der Waals surface area contributed by atoms with Crippen LogP contribution in [-0.2, 0) is 24.4 Å². The number of aromatic nitrogens is 4. The minimum atomic E-state index is -0.578. The SMILES string of the molecule is O=C(Cn1c(=O)ccn(Cc2ccccc2)c1=O)NC(Cn1cnc2ccccc21)c1ccc(F)cc1. The standard InChI is InChI=1S/C28H24FN5O3/c29-22-12-10-21(11-13-22)24(17-33-19-30-23-8-4-5-9-25(23)33)31-26(35)18-34-27(36)14-15-32(28(34)37)16-20-6-2-1-3-7-20/h1-15,19,24H,16-18H2,(H,31,35). The van der Waals surface area contributed by atoms with Crippen LogP contribution in [0.3, 0.4) is 0 Å². The zero-order chi connectivity index (χ0) is 25.8. The minimum absolute atomic E-state index is 0.271. The maximum Gasteiger partial charge on any atom is 0.331 e. The molecular formula is C28H24FN5O3. The molecule has 0 saturated carbocycles. The highest BCUT2D eigenvalue weighted by Gasteiger charge is 2.19. The summed E-state index contributed by atoms with van der Waals surface area (Å²) in [6.45, 7) is 0.142. The van der Waals surface area contributed by atoms with Gasteiger partial charge in [0.15, 0.2) is 0 Å². The van der Waals surface area contributed by atoms with Gasteiger partial charge in [-0.2, -0.15) is 0 Å². The predicted octanol–water partition coefficient (Wildman–Crippen LogP) is 3.10. The predicted molar refractivity (Wildman–Crippen MR) is 138 cm³/mol. The van der Waals surface area contributed by atoms with Gasteiger partial charge in [0.25, 0.3) is 5.56 Å². The molecule has 1 atom stereocenters. The Hall–Kier alpha value is -4.79. The molecule has 0 aliphatic rings. The molecule has 37 heavy (non-hydrogen) atoms. The van der Waals surface area contributed by atoms with Gasteiger partial charge in [0.05, 0.1) is 29.9 Å². The number of para-hydroxylation sites is 2. The number of amides is 1. The molecule has 1 N–H and O–H groups in total. The number of hydrogen-bond donors (Lipinski definition) is 1. The van der Waals surface area contributed by atoms with E-state index in [1.165, 1.54) is 29.0 Å². The lowest BCUT2D eigenvalue weighted by molar-refractivity contribution is -0.122. The third-order valence-corrected chi connectivity index (χ3v) is 6.15. The van der Waals surface area contributed by atoms with Gasteiger partial charge in [-0.05, 0) is 35.4 Å². The Morgan fingerprint density at radius 2 is 1.62 bits per heavy atom. The van der Waals surface area contributed by atoms with Crippen LogP contribution >= 0.6 is 0 Å². The van der Waals surface area contributed by atoms with Gasteiger partial charge in [0, 0.05) is 18.8 Å². The monoisotopic (exact) mass is 497 g/mol. The van der Waals surface area contributed by atoms with Crippen molar-refractivity contribution < 1.29 is 9.18 Å². The zero-order valence-electron chi connectivity index (χ0n) is 19.8. The molecule has 1 unspecified atom stereocenters. The quantitative estimate of drug-likeness (QED) is 0.357. The summed E-state index contributed by atoms with van der Waals surface area (Å²) in [5, 5.41) is 2.91. The lowest BCUT2D eigenvalue weighted by Gasteiger charge is -2.21. The van der Waals surface area contributed by atoms with Crippen molar-refractivity contribution in [3.8, 4) is 0 Å². The van der Waals surface area contributed by atoms with Crippen molar-refractivity contribution in [2.24, 2.45) is 0 Å². The average Bonchev–Trinajstić information content (AvgIpc) is 3.32. The van der Waals surface area contributed by atoms with Crippen LogP contribution in [0.4, 0.5) is 4.39 Å². The molecule has 1 amide bonds. The number of imidazole rings is 1. The van der Waals surface area contributed by atoms with E-state index in [0.29, 0.717) is 12.1 Å². The minimum Gasteiger partial charge on any atom is -0.346 e. The molecule has 186 valence electrons. The second-order valence-corrected chi connectivity index (χ2v) is 8.69. The zero-order valence-corrected chi connectivity index (χ0v) is 19.8. The topological polar surface area (TPSA) is 90.9 Å². The Bertz CT molecular complexity index is 1660. The van der Waals surface area contributed by atoms with E-state index >= 15 is 0 Å². The van der Waals surface area contributed by atoms with Crippen molar-refractivity contribution in [1.29, 1.82) is 0 Å². The van der Waals surface area contributed by atoms with Gasteiger partial charge >= 0.3 is 5.69 Å². The van der Waals surface area contributed by atoms with E-state index in [2.05, 4.69) is 10.3 Å². The largest absolute Gasteiger partial charge is 0.346 e. The number of nitrogens with one attached hydrogen (secondary N) is 1. The summed E-state index contributed by atoms with van der Waals surface area (Å²) in [4.78, 5) is 43.0. The second kappa shape index (κ2) is 10.4. The number of benzene rings is 3. The Labute approximate surface area is 211 Å². The Kier molecular flexibility index (Phi) is 6.76. The van der Waals surface area contributed by atoms with Crippen LogP contribution in [0.2, 0.25) is 0 Å². The van der Waals surface area contributed by atoms with Crippen LogP contribution in [0.15, 0.2) is 107 Å². The van der Waals surface area contributed by atoms with Crippen molar-refractivity contribution in [3.63, 3.8) is 0 Å². The van der Waals surface area contributed by atoms with E-state index in [4.69, 9.17) is 0 Å². The maximum atomic E-state index is 13.6. The summed E-state index contributed by atoms with van der Waals surface area (Å²) >= 11 is 0. The van der Waals surface area contributed by atoms with E-state index < -0.39 is 35.6 Å². The Morgan fingerprint density at radius 3 is 2.41 bits per heavy atom. The van der Waals surface area contributed by atoms with Crippen LogP contribution in [0, 0.1) is 5.82 Å². The van der Waals surface area contributed by atoms with Gasteiger partial charge in [-0.25, -0.2) is 14.2 Å². The third kappa shape index (κ3) is 5.40. The van der Waals surface area contributed by atoms with Gasteiger partial charge < -0.3 is 9.88 Å². The lowest BCUT2D eigenvalue weighted by atomic mass is 10.1. The highest BCUT2D eigenvalue weighted by Crippen LogP contribution is 2.20. The summed E-state index contributed by atoms with van der Waals surface area (Å²) in [5.74, 6) is -0.910. The fourth-order valence-electron chi connectivity index (χ4n) is 4.27. The molecule has 5 aromatic rings. The highest BCUT2D eigenvalue weighted by molar-refractivity contribution is 5.77. The molecule has 9 heteroatoms. The van der Waals surface area contributed by atoms with Gasteiger partial charge in [0.2, 0.25) is 5.91 Å². The van der Waals surface area contributed by atoms with Crippen molar-refractivity contribution in [3.05, 3.63) is 135 Å². The summed E-state index contributed by atoms with van der Waals surface area (Å²) in [5.41, 5.74) is 2.11. The molecule has 2 heterocycles. The van der Waals surface area contributed by atoms with Crippen LogP contribution in [0.25, 0.3) is 11.0 Å². The van der Waals surface area contributed by atoms with Crippen LogP contribution in [0.1, 0.15) is 17.2 Å². The highest BCUT2D eigenvalue weighted by atomic mass is 19.1. The fraction of sp³-hybridized carbons (Fsp3) is 0.143. The van der Waals surface area contributed by atoms with E-state index in [1.54, 1.807) is 18.5 Å². The van der Waals surface area contributed by atoms with Crippen LogP contribution in [-0.4, -0.2) is 24.6 Å². The molecule has 5 rings (SSSR count). The first-order valence-electron chi connectivity index (χ1n) is 11.8. The molecule has 0 spiro atoms. The maximum absolute atomic E-state index is 13.6. The molecule has 0 saturated heterocycles. The second-order valence-electron chi connectivity index (χ2n) is 8.69. The molecule has 8 nitrogen and oxygen atoms in total. The number of fused-ring (bicyclic) bond motifs is 1. The summed E-state index contributed by atoms with van der Waals surface area (Å²) in [6, 6.07) is 23.5. The molecular weight excluding hydrogens is 473 g/mol. The Balaban J connectivity index is 1.40. The van der Waals surface area contributed by atoms with E-state index in [-0.39, 0.29) is 6.54 Å². The third-order valence-electron chi connectivity index (χ3n) is 6.15. The molecule has 3 aromatic carbocycles. The Morgan fingerprint density at radius 1 is 0.892 bits per heavy atom. The fourth-order valence-corrected chi connectivity index (χ4v) is 4.27. The molecule has 0 radical (unpaired) electrons.